The summed E-state index contributed by atoms with van der Waals surface area (Å²) in [6.45, 7) is 10.8. The second-order valence-corrected chi connectivity index (χ2v) is 5.72. The molecule has 2 heterocycles. The number of nitrogens with one attached hydrogen (secondary N) is 1. The van der Waals surface area contributed by atoms with Crippen LogP contribution in [0.25, 0.3) is 0 Å². The second kappa shape index (κ2) is 7.07. The van der Waals surface area contributed by atoms with E-state index in [2.05, 4.69) is 31.2 Å². The predicted octanol–water partition coefficient (Wildman–Crippen LogP) is 2.07. The molecule has 0 spiro atoms. The Morgan fingerprint density at radius 2 is 2.10 bits per heavy atom. The standard InChI is InChI=1S/C16H28N4O/c1-5-12-9-15(20(8-4)18-12)16(21)19-11-13(6-2)17-10-14(19)7-3/h9,13-14,17H,5-8,10-11H2,1-4H3. The van der Waals surface area contributed by atoms with Gasteiger partial charge in [0.1, 0.15) is 5.69 Å². The van der Waals surface area contributed by atoms with Crippen LogP contribution < -0.4 is 5.32 Å². The van der Waals surface area contributed by atoms with Crippen molar-refractivity contribution < 1.29 is 4.79 Å². The van der Waals surface area contributed by atoms with Crippen LogP contribution in [0, 0.1) is 0 Å². The summed E-state index contributed by atoms with van der Waals surface area (Å²) >= 11 is 0. The van der Waals surface area contributed by atoms with Crippen LogP contribution in [0.5, 0.6) is 0 Å². The van der Waals surface area contributed by atoms with Crippen molar-refractivity contribution in [3.63, 3.8) is 0 Å². The maximum absolute atomic E-state index is 13.0. The highest BCUT2D eigenvalue weighted by atomic mass is 16.2. The van der Waals surface area contributed by atoms with Crippen molar-refractivity contribution in [1.29, 1.82) is 0 Å². The minimum absolute atomic E-state index is 0.135. The number of hydrogen-bond donors (Lipinski definition) is 1. The SMILES string of the molecule is CCc1cc(C(=O)N2CC(CC)NCC2CC)n(CC)n1. The third-order valence-corrected chi connectivity index (χ3v) is 4.44. The van der Waals surface area contributed by atoms with E-state index in [9.17, 15) is 4.79 Å². The predicted molar refractivity (Wildman–Crippen MR) is 84.5 cm³/mol. The van der Waals surface area contributed by atoms with Crippen molar-refractivity contribution in [3.8, 4) is 0 Å². The van der Waals surface area contributed by atoms with Gasteiger partial charge in [0.15, 0.2) is 0 Å². The molecule has 118 valence electrons. The highest BCUT2D eigenvalue weighted by Gasteiger charge is 2.31. The van der Waals surface area contributed by atoms with E-state index in [-0.39, 0.29) is 11.9 Å². The van der Waals surface area contributed by atoms with Crippen LogP contribution in [0.2, 0.25) is 0 Å². The molecule has 5 nitrogen and oxygen atoms in total. The molecule has 1 amide bonds. The van der Waals surface area contributed by atoms with E-state index in [0.29, 0.717) is 6.04 Å². The van der Waals surface area contributed by atoms with E-state index in [1.54, 1.807) is 0 Å². The fourth-order valence-corrected chi connectivity index (χ4v) is 2.95. The number of rotatable bonds is 5. The molecule has 1 saturated heterocycles. The molecule has 0 bridgehead atoms. The van der Waals surface area contributed by atoms with E-state index >= 15 is 0 Å². The first-order chi connectivity index (χ1) is 10.1. The van der Waals surface area contributed by atoms with Crippen LogP contribution in [-0.4, -0.2) is 45.8 Å². The molecule has 1 fully saturated rings. The largest absolute Gasteiger partial charge is 0.332 e. The number of carbonyl (C=O) groups excluding carboxylic acids is 1. The third kappa shape index (κ3) is 3.28. The fourth-order valence-electron chi connectivity index (χ4n) is 2.95. The zero-order valence-electron chi connectivity index (χ0n) is 13.7. The Morgan fingerprint density at radius 3 is 2.67 bits per heavy atom. The Kier molecular flexibility index (Phi) is 5.39. The fraction of sp³-hybridized carbons (Fsp3) is 0.750. The van der Waals surface area contributed by atoms with Crippen LogP contribution in [0.15, 0.2) is 6.07 Å². The van der Waals surface area contributed by atoms with Crippen molar-refractivity contribution in [1.82, 2.24) is 20.0 Å². The number of nitrogens with zero attached hydrogens (tertiary/aromatic N) is 3. The summed E-state index contributed by atoms with van der Waals surface area (Å²) in [7, 11) is 0. The van der Waals surface area contributed by atoms with Gasteiger partial charge >= 0.3 is 0 Å². The van der Waals surface area contributed by atoms with E-state index in [4.69, 9.17) is 0 Å². The smallest absolute Gasteiger partial charge is 0.272 e. The van der Waals surface area contributed by atoms with Crippen molar-refractivity contribution >= 4 is 5.91 Å². The van der Waals surface area contributed by atoms with Crippen LogP contribution >= 0.6 is 0 Å². The van der Waals surface area contributed by atoms with Crippen molar-refractivity contribution in [2.24, 2.45) is 0 Å². The lowest BCUT2D eigenvalue weighted by molar-refractivity contribution is 0.0563. The van der Waals surface area contributed by atoms with Gasteiger partial charge in [-0.05, 0) is 32.3 Å². The molecule has 2 unspecified atom stereocenters. The summed E-state index contributed by atoms with van der Waals surface area (Å²) in [5.74, 6) is 0.135. The Labute approximate surface area is 127 Å². The molecule has 0 saturated carbocycles. The average molecular weight is 292 g/mol. The maximum Gasteiger partial charge on any atom is 0.272 e. The van der Waals surface area contributed by atoms with E-state index in [1.807, 2.05) is 22.6 Å². The number of carbonyl (C=O) groups is 1. The van der Waals surface area contributed by atoms with Crippen molar-refractivity contribution in [2.75, 3.05) is 13.1 Å². The minimum Gasteiger partial charge on any atom is -0.332 e. The zero-order chi connectivity index (χ0) is 15.4. The van der Waals surface area contributed by atoms with Gasteiger partial charge < -0.3 is 10.2 Å². The molecular weight excluding hydrogens is 264 g/mol. The molecule has 21 heavy (non-hydrogen) atoms. The summed E-state index contributed by atoms with van der Waals surface area (Å²) in [5.41, 5.74) is 1.74. The average Bonchev–Trinajstić information content (AvgIpc) is 2.96. The van der Waals surface area contributed by atoms with Crippen LogP contribution in [0.4, 0.5) is 0 Å². The normalized spacial score (nSPS) is 22.6. The molecular formula is C16H28N4O. The molecule has 0 aromatic carbocycles. The first-order valence-electron chi connectivity index (χ1n) is 8.25. The van der Waals surface area contributed by atoms with Crippen molar-refractivity contribution in [2.45, 2.75) is 65.6 Å². The molecule has 1 aromatic heterocycles. The van der Waals surface area contributed by atoms with E-state index in [1.165, 1.54) is 0 Å². The molecule has 1 N–H and O–H groups in total. The summed E-state index contributed by atoms with van der Waals surface area (Å²) in [6, 6.07) is 2.65. The molecule has 2 rings (SSSR count). The Morgan fingerprint density at radius 1 is 1.33 bits per heavy atom. The van der Waals surface area contributed by atoms with Gasteiger partial charge in [-0.25, -0.2) is 0 Å². The monoisotopic (exact) mass is 292 g/mol. The lowest BCUT2D eigenvalue weighted by Gasteiger charge is -2.40. The quantitative estimate of drug-likeness (QED) is 0.904. The minimum atomic E-state index is 0.135. The van der Waals surface area contributed by atoms with Gasteiger partial charge in [0, 0.05) is 31.7 Å². The Bertz CT molecular complexity index is 483. The molecule has 0 aliphatic carbocycles. The zero-order valence-corrected chi connectivity index (χ0v) is 13.7. The highest BCUT2D eigenvalue weighted by Crippen LogP contribution is 2.17. The third-order valence-electron chi connectivity index (χ3n) is 4.44. The maximum atomic E-state index is 13.0. The number of hydrogen-bond acceptors (Lipinski definition) is 3. The summed E-state index contributed by atoms with van der Waals surface area (Å²) in [6.07, 6.45) is 2.90. The molecule has 0 radical (unpaired) electrons. The first kappa shape index (κ1) is 16.0. The van der Waals surface area contributed by atoms with Gasteiger partial charge in [-0.15, -0.1) is 0 Å². The van der Waals surface area contributed by atoms with E-state index in [0.717, 1.165) is 50.3 Å². The topological polar surface area (TPSA) is 50.2 Å². The molecule has 1 aliphatic heterocycles. The number of aromatic nitrogens is 2. The van der Waals surface area contributed by atoms with Crippen molar-refractivity contribution in [3.05, 3.63) is 17.5 Å². The number of piperazine rings is 1. The van der Waals surface area contributed by atoms with E-state index < -0.39 is 0 Å². The Hall–Kier alpha value is -1.36. The lowest BCUT2D eigenvalue weighted by Crippen LogP contribution is -2.58. The van der Waals surface area contributed by atoms with Gasteiger partial charge in [0.25, 0.3) is 5.91 Å². The first-order valence-corrected chi connectivity index (χ1v) is 8.25. The summed E-state index contributed by atoms with van der Waals surface area (Å²) < 4.78 is 1.84. The lowest BCUT2D eigenvalue weighted by atomic mass is 10.0. The number of amides is 1. The van der Waals surface area contributed by atoms with Gasteiger partial charge in [-0.1, -0.05) is 20.8 Å². The summed E-state index contributed by atoms with van der Waals surface area (Å²) in [5, 5.41) is 8.04. The molecule has 5 heteroatoms. The van der Waals surface area contributed by atoms with Gasteiger partial charge in [-0.2, -0.15) is 5.10 Å². The van der Waals surface area contributed by atoms with Gasteiger partial charge in [0.2, 0.25) is 0 Å². The van der Waals surface area contributed by atoms with Gasteiger partial charge in [-0.3, -0.25) is 9.48 Å². The molecule has 1 aliphatic rings. The molecule has 2 atom stereocenters. The highest BCUT2D eigenvalue weighted by molar-refractivity contribution is 5.93. The Balaban J connectivity index is 2.25. The molecule has 1 aromatic rings. The second-order valence-electron chi connectivity index (χ2n) is 5.72. The van der Waals surface area contributed by atoms with Gasteiger partial charge in [0.05, 0.1) is 5.69 Å². The van der Waals surface area contributed by atoms with Crippen LogP contribution in [-0.2, 0) is 13.0 Å². The van der Waals surface area contributed by atoms with Crippen LogP contribution in [0.1, 0.15) is 56.7 Å². The number of aryl methyl sites for hydroxylation is 2. The summed E-state index contributed by atoms with van der Waals surface area (Å²) in [4.78, 5) is 15.0. The van der Waals surface area contributed by atoms with Crippen LogP contribution in [0.3, 0.4) is 0 Å².